The van der Waals surface area contributed by atoms with Crippen LogP contribution in [0.2, 0.25) is 0 Å². The number of rotatable bonds is 4. The van der Waals surface area contributed by atoms with Crippen LogP contribution in [-0.2, 0) is 0 Å². The molecule has 0 saturated heterocycles. The highest BCUT2D eigenvalue weighted by molar-refractivity contribution is 6.10. The second-order valence-electron chi connectivity index (χ2n) is 10.9. The molecule has 6 aromatic carbocycles. The summed E-state index contributed by atoms with van der Waals surface area (Å²) >= 11 is 0. The fourth-order valence-corrected chi connectivity index (χ4v) is 6.18. The summed E-state index contributed by atoms with van der Waals surface area (Å²) in [6, 6.07) is 49.8. The minimum Gasteiger partial charge on any atom is -0.456 e. The molecule has 0 saturated carbocycles. The molecule has 0 unspecified atom stereocenters. The van der Waals surface area contributed by atoms with Gasteiger partial charge in [-0.25, -0.2) is 15.0 Å². The van der Waals surface area contributed by atoms with E-state index in [0.29, 0.717) is 17.5 Å². The van der Waals surface area contributed by atoms with Gasteiger partial charge in [-0.3, -0.25) is 0 Å². The summed E-state index contributed by atoms with van der Waals surface area (Å²) in [5, 5.41) is 4.55. The number of para-hydroxylation sites is 3. The zero-order valence-corrected chi connectivity index (χ0v) is 23.6. The smallest absolute Gasteiger partial charge is 0.164 e. The van der Waals surface area contributed by atoms with E-state index in [0.717, 1.165) is 55.3 Å². The van der Waals surface area contributed by atoms with Gasteiger partial charge in [0, 0.05) is 43.9 Å². The van der Waals surface area contributed by atoms with Crippen molar-refractivity contribution in [2.75, 3.05) is 0 Å². The summed E-state index contributed by atoms with van der Waals surface area (Å²) in [5.74, 6) is 1.84. The molecular weight excluding hydrogens is 540 g/mol. The molecule has 0 fully saturated rings. The third-order valence-electron chi connectivity index (χ3n) is 8.25. The van der Waals surface area contributed by atoms with Gasteiger partial charge in [0.2, 0.25) is 0 Å². The SMILES string of the molecule is c1ccc(-c2nc(-c3ccc4c(c3)oc3ccccc34)nc(-c3ccc4c5ccccc5n(-c5ccccc5)c4c3)n2)cc1. The van der Waals surface area contributed by atoms with Gasteiger partial charge in [-0.2, -0.15) is 0 Å². The van der Waals surface area contributed by atoms with Crippen molar-refractivity contribution in [3.8, 4) is 39.9 Å². The normalized spacial score (nSPS) is 11.6. The lowest BCUT2D eigenvalue weighted by Gasteiger charge is -2.10. The van der Waals surface area contributed by atoms with Crippen molar-refractivity contribution in [1.29, 1.82) is 0 Å². The fraction of sp³-hybridized carbons (Fsp3) is 0. The largest absolute Gasteiger partial charge is 0.456 e. The maximum Gasteiger partial charge on any atom is 0.164 e. The van der Waals surface area contributed by atoms with Gasteiger partial charge in [0.05, 0.1) is 11.0 Å². The van der Waals surface area contributed by atoms with Gasteiger partial charge in [-0.15, -0.1) is 0 Å². The molecule has 0 aliphatic rings. The highest BCUT2D eigenvalue weighted by Crippen LogP contribution is 2.36. The molecule has 3 heterocycles. The standard InChI is InChI=1S/C39H24N4O/c1-3-11-25(12-4-1)37-40-38(42-39(41-37)27-20-22-32-31-16-8-10-18-35(31)44-36(32)24-27)26-19-21-30-29-15-7-9-17-33(29)43(34(30)23-26)28-13-5-2-6-14-28/h1-24H. The summed E-state index contributed by atoms with van der Waals surface area (Å²) in [4.78, 5) is 15.0. The van der Waals surface area contributed by atoms with Crippen molar-refractivity contribution >= 4 is 43.7 Å². The molecule has 9 aromatic rings. The highest BCUT2D eigenvalue weighted by atomic mass is 16.3. The maximum absolute atomic E-state index is 6.20. The van der Waals surface area contributed by atoms with Crippen LogP contribution in [0, 0.1) is 0 Å². The van der Waals surface area contributed by atoms with Gasteiger partial charge >= 0.3 is 0 Å². The minimum atomic E-state index is 0.597. The molecule has 0 radical (unpaired) electrons. The lowest BCUT2D eigenvalue weighted by Crippen LogP contribution is -2.00. The molecule has 206 valence electrons. The van der Waals surface area contributed by atoms with Gasteiger partial charge in [-0.05, 0) is 42.5 Å². The van der Waals surface area contributed by atoms with Gasteiger partial charge in [-0.1, -0.05) is 103 Å². The molecule has 9 rings (SSSR count). The summed E-state index contributed by atoms with van der Waals surface area (Å²) in [6.45, 7) is 0. The van der Waals surface area contributed by atoms with E-state index in [2.05, 4.69) is 89.5 Å². The molecule has 3 aromatic heterocycles. The Hall–Kier alpha value is -6.07. The van der Waals surface area contributed by atoms with Crippen LogP contribution in [0.1, 0.15) is 0 Å². The number of benzene rings is 6. The van der Waals surface area contributed by atoms with Crippen LogP contribution >= 0.6 is 0 Å². The Bertz CT molecular complexity index is 2490. The van der Waals surface area contributed by atoms with Gasteiger partial charge in [0.1, 0.15) is 11.2 Å². The van der Waals surface area contributed by atoms with Gasteiger partial charge in [0.15, 0.2) is 17.5 Å². The van der Waals surface area contributed by atoms with Crippen LogP contribution in [0.3, 0.4) is 0 Å². The first kappa shape index (κ1) is 24.5. The van der Waals surface area contributed by atoms with Gasteiger partial charge in [0.25, 0.3) is 0 Å². The molecule has 0 spiro atoms. The Morgan fingerprint density at radius 3 is 1.70 bits per heavy atom. The molecule has 0 bridgehead atoms. The predicted octanol–water partition coefficient (Wildman–Crippen LogP) is 9.87. The number of hydrogen-bond donors (Lipinski definition) is 0. The molecule has 0 N–H and O–H groups in total. The number of aromatic nitrogens is 4. The molecular formula is C39H24N4O. The third kappa shape index (κ3) is 3.91. The summed E-state index contributed by atoms with van der Waals surface area (Å²) in [5.41, 5.74) is 7.76. The molecule has 0 aliphatic heterocycles. The predicted molar refractivity (Wildman–Crippen MR) is 178 cm³/mol. The summed E-state index contributed by atoms with van der Waals surface area (Å²) < 4.78 is 8.51. The molecule has 5 nitrogen and oxygen atoms in total. The average Bonchev–Trinajstić information content (AvgIpc) is 3.64. The van der Waals surface area contributed by atoms with E-state index in [4.69, 9.17) is 19.4 Å². The van der Waals surface area contributed by atoms with Crippen molar-refractivity contribution in [2.45, 2.75) is 0 Å². The Morgan fingerprint density at radius 2 is 0.932 bits per heavy atom. The van der Waals surface area contributed by atoms with Crippen LogP contribution in [0.4, 0.5) is 0 Å². The maximum atomic E-state index is 6.20. The molecule has 0 aliphatic carbocycles. The second-order valence-corrected chi connectivity index (χ2v) is 10.9. The van der Waals surface area contributed by atoms with Crippen LogP contribution in [-0.4, -0.2) is 19.5 Å². The third-order valence-corrected chi connectivity index (χ3v) is 8.25. The van der Waals surface area contributed by atoms with Crippen LogP contribution in [0.15, 0.2) is 150 Å². The first-order chi connectivity index (χ1) is 21.8. The minimum absolute atomic E-state index is 0.597. The first-order valence-electron chi connectivity index (χ1n) is 14.6. The number of hydrogen-bond acceptors (Lipinski definition) is 4. The van der Waals surface area contributed by atoms with Crippen molar-refractivity contribution < 1.29 is 4.42 Å². The fourth-order valence-electron chi connectivity index (χ4n) is 6.18. The Labute approximate surface area is 252 Å². The van der Waals surface area contributed by atoms with E-state index in [9.17, 15) is 0 Å². The van der Waals surface area contributed by atoms with Crippen molar-refractivity contribution in [3.63, 3.8) is 0 Å². The number of fused-ring (bicyclic) bond motifs is 6. The zero-order valence-electron chi connectivity index (χ0n) is 23.6. The molecule has 5 heteroatoms. The molecule has 44 heavy (non-hydrogen) atoms. The van der Waals surface area contributed by atoms with E-state index in [1.807, 2.05) is 60.7 Å². The summed E-state index contributed by atoms with van der Waals surface area (Å²) in [7, 11) is 0. The van der Waals surface area contributed by atoms with Crippen LogP contribution in [0.25, 0.3) is 83.6 Å². The number of furan rings is 1. The van der Waals surface area contributed by atoms with Crippen LogP contribution in [0.5, 0.6) is 0 Å². The highest BCUT2D eigenvalue weighted by Gasteiger charge is 2.17. The van der Waals surface area contributed by atoms with Crippen molar-refractivity contribution in [1.82, 2.24) is 19.5 Å². The summed E-state index contributed by atoms with van der Waals surface area (Å²) in [6.07, 6.45) is 0. The van der Waals surface area contributed by atoms with E-state index >= 15 is 0 Å². The van der Waals surface area contributed by atoms with Crippen LogP contribution < -0.4 is 0 Å². The van der Waals surface area contributed by atoms with E-state index in [1.165, 1.54) is 10.8 Å². The quantitative estimate of drug-likeness (QED) is 0.213. The Morgan fingerprint density at radius 1 is 0.386 bits per heavy atom. The topological polar surface area (TPSA) is 56.7 Å². The van der Waals surface area contributed by atoms with E-state index in [1.54, 1.807) is 0 Å². The van der Waals surface area contributed by atoms with E-state index in [-0.39, 0.29) is 0 Å². The lowest BCUT2D eigenvalue weighted by molar-refractivity contribution is 0.669. The molecule has 0 atom stereocenters. The Balaban J connectivity index is 1.27. The average molecular weight is 565 g/mol. The Kier molecular flexibility index (Phi) is 5.43. The van der Waals surface area contributed by atoms with E-state index < -0.39 is 0 Å². The van der Waals surface area contributed by atoms with Crippen molar-refractivity contribution in [2.24, 2.45) is 0 Å². The van der Waals surface area contributed by atoms with Crippen molar-refractivity contribution in [3.05, 3.63) is 146 Å². The first-order valence-corrected chi connectivity index (χ1v) is 14.6. The number of nitrogens with zero attached hydrogens (tertiary/aromatic N) is 4. The monoisotopic (exact) mass is 564 g/mol. The second kappa shape index (κ2) is 9.75. The van der Waals surface area contributed by atoms with Gasteiger partial charge < -0.3 is 8.98 Å². The zero-order chi connectivity index (χ0) is 29.0. The lowest BCUT2D eigenvalue weighted by atomic mass is 10.1. The molecule has 0 amide bonds.